The summed E-state index contributed by atoms with van der Waals surface area (Å²) in [5, 5.41) is 12.2. The van der Waals surface area contributed by atoms with Crippen LogP contribution in [0.25, 0.3) is 0 Å². The lowest BCUT2D eigenvalue weighted by Gasteiger charge is -2.06. The number of pyridine rings is 1. The summed E-state index contributed by atoms with van der Waals surface area (Å²) in [6.07, 6.45) is 0. The number of hydrogen-bond donors (Lipinski definition) is 2. The van der Waals surface area contributed by atoms with Crippen LogP contribution in [0.1, 0.15) is 11.1 Å². The minimum absolute atomic E-state index is 0.0842. The van der Waals surface area contributed by atoms with Gasteiger partial charge in [0.2, 0.25) is 0 Å². The maximum Gasteiger partial charge on any atom is 0.127 e. The molecule has 0 saturated heterocycles. The van der Waals surface area contributed by atoms with Crippen LogP contribution in [-0.2, 0) is 13.2 Å². The van der Waals surface area contributed by atoms with Crippen LogP contribution in [0.2, 0.25) is 0 Å². The number of aliphatic hydroxyl groups is 1. The fourth-order valence-corrected chi connectivity index (χ4v) is 1.81. The van der Waals surface area contributed by atoms with E-state index in [0.29, 0.717) is 0 Å². The average molecular weight is 293 g/mol. The molecule has 2 rings (SSSR count). The normalized spacial score (nSPS) is 10.2. The number of anilines is 1. The van der Waals surface area contributed by atoms with Crippen molar-refractivity contribution in [2.75, 3.05) is 5.32 Å². The molecule has 1 aromatic carbocycles. The zero-order chi connectivity index (χ0) is 12.1. The monoisotopic (exact) mass is 292 g/mol. The maximum atomic E-state index is 8.94. The summed E-state index contributed by atoms with van der Waals surface area (Å²) in [6.45, 7) is 0.802. The Morgan fingerprint density at radius 1 is 1.06 bits per heavy atom. The molecule has 0 aliphatic heterocycles. The number of hydrogen-bond acceptors (Lipinski definition) is 3. The quantitative estimate of drug-likeness (QED) is 0.852. The van der Waals surface area contributed by atoms with Gasteiger partial charge in [0, 0.05) is 6.54 Å². The zero-order valence-corrected chi connectivity index (χ0v) is 10.8. The van der Waals surface area contributed by atoms with Crippen molar-refractivity contribution in [1.82, 2.24) is 4.98 Å². The molecule has 0 bridgehead atoms. The first-order chi connectivity index (χ1) is 8.28. The van der Waals surface area contributed by atoms with Crippen molar-refractivity contribution in [3.8, 4) is 0 Å². The van der Waals surface area contributed by atoms with E-state index < -0.39 is 0 Å². The molecule has 3 nitrogen and oxygen atoms in total. The van der Waals surface area contributed by atoms with Gasteiger partial charge in [-0.25, -0.2) is 4.98 Å². The van der Waals surface area contributed by atoms with Crippen LogP contribution < -0.4 is 5.32 Å². The summed E-state index contributed by atoms with van der Waals surface area (Å²) in [5.41, 5.74) is 2.08. The molecule has 0 saturated carbocycles. The molecule has 0 atom stereocenters. The smallest absolute Gasteiger partial charge is 0.127 e. The highest BCUT2D eigenvalue weighted by atomic mass is 79.9. The van der Waals surface area contributed by atoms with E-state index in [-0.39, 0.29) is 6.61 Å². The van der Waals surface area contributed by atoms with E-state index in [9.17, 15) is 0 Å². The number of aromatic nitrogens is 1. The Morgan fingerprint density at radius 2 is 1.76 bits per heavy atom. The summed E-state index contributed by atoms with van der Waals surface area (Å²) in [5.74, 6) is 0.839. The van der Waals surface area contributed by atoms with Gasteiger partial charge in [-0.3, -0.25) is 0 Å². The second-order valence-electron chi connectivity index (χ2n) is 3.67. The molecule has 2 aromatic rings. The van der Waals surface area contributed by atoms with E-state index in [1.54, 1.807) is 0 Å². The number of rotatable bonds is 4. The molecule has 1 aromatic heterocycles. The average Bonchev–Trinajstić information content (AvgIpc) is 2.37. The number of nitrogens with zero attached hydrogens (tertiary/aromatic N) is 1. The Kier molecular flexibility index (Phi) is 4.12. The standard InChI is InChI=1S/C13H13BrN2O/c14-12-2-1-3-13(16-12)15-8-10-4-6-11(9-17)7-5-10/h1-7,17H,8-9H2,(H,15,16). The molecule has 0 aliphatic rings. The topological polar surface area (TPSA) is 45.1 Å². The Balaban J connectivity index is 1.97. The van der Waals surface area contributed by atoms with Crippen molar-refractivity contribution in [1.29, 1.82) is 0 Å². The predicted molar refractivity (Wildman–Crippen MR) is 71.6 cm³/mol. The predicted octanol–water partition coefficient (Wildman–Crippen LogP) is 2.95. The van der Waals surface area contributed by atoms with Crippen LogP contribution in [0.4, 0.5) is 5.82 Å². The van der Waals surface area contributed by atoms with Gasteiger partial charge < -0.3 is 10.4 Å². The second-order valence-corrected chi connectivity index (χ2v) is 4.49. The fraction of sp³-hybridized carbons (Fsp3) is 0.154. The van der Waals surface area contributed by atoms with Gasteiger partial charge in [0.15, 0.2) is 0 Å². The van der Waals surface area contributed by atoms with Gasteiger partial charge in [-0.2, -0.15) is 0 Å². The summed E-state index contributed by atoms with van der Waals surface area (Å²) in [4.78, 5) is 4.29. The summed E-state index contributed by atoms with van der Waals surface area (Å²) < 4.78 is 0.818. The van der Waals surface area contributed by atoms with Gasteiger partial charge >= 0.3 is 0 Å². The molecule has 88 valence electrons. The minimum Gasteiger partial charge on any atom is -0.392 e. The van der Waals surface area contributed by atoms with Gasteiger partial charge in [-0.05, 0) is 39.2 Å². The van der Waals surface area contributed by atoms with Gasteiger partial charge in [0.25, 0.3) is 0 Å². The maximum absolute atomic E-state index is 8.94. The lowest BCUT2D eigenvalue weighted by molar-refractivity contribution is 0.282. The van der Waals surface area contributed by atoms with Crippen LogP contribution in [-0.4, -0.2) is 10.1 Å². The molecule has 0 fully saturated rings. The molecule has 0 unspecified atom stereocenters. The molecule has 0 spiro atoms. The molecular formula is C13H13BrN2O. The third kappa shape index (κ3) is 3.54. The van der Waals surface area contributed by atoms with E-state index >= 15 is 0 Å². The van der Waals surface area contributed by atoms with Crippen molar-refractivity contribution in [3.05, 3.63) is 58.2 Å². The van der Waals surface area contributed by atoms with Crippen molar-refractivity contribution in [2.45, 2.75) is 13.2 Å². The van der Waals surface area contributed by atoms with Crippen molar-refractivity contribution in [2.24, 2.45) is 0 Å². The minimum atomic E-state index is 0.0842. The molecular weight excluding hydrogens is 280 g/mol. The SMILES string of the molecule is OCc1ccc(CNc2cccc(Br)n2)cc1. The summed E-state index contributed by atoms with van der Waals surface area (Å²) in [7, 11) is 0. The van der Waals surface area contributed by atoms with Crippen LogP contribution in [0.5, 0.6) is 0 Å². The van der Waals surface area contributed by atoms with Crippen molar-refractivity contribution in [3.63, 3.8) is 0 Å². The lowest BCUT2D eigenvalue weighted by atomic mass is 10.1. The van der Waals surface area contributed by atoms with Crippen LogP contribution in [0.3, 0.4) is 0 Å². The molecule has 17 heavy (non-hydrogen) atoms. The van der Waals surface area contributed by atoms with Crippen molar-refractivity contribution < 1.29 is 5.11 Å². The lowest BCUT2D eigenvalue weighted by Crippen LogP contribution is -2.01. The highest BCUT2D eigenvalue weighted by Crippen LogP contribution is 2.11. The number of aliphatic hydroxyl groups excluding tert-OH is 1. The first-order valence-electron chi connectivity index (χ1n) is 5.33. The number of benzene rings is 1. The Labute approximate surface area is 109 Å². The van der Waals surface area contributed by atoms with E-state index in [1.165, 1.54) is 0 Å². The van der Waals surface area contributed by atoms with Crippen LogP contribution in [0, 0.1) is 0 Å². The highest BCUT2D eigenvalue weighted by Gasteiger charge is 1.96. The molecule has 0 aliphatic carbocycles. The first kappa shape index (κ1) is 12.1. The molecule has 4 heteroatoms. The molecule has 1 heterocycles. The van der Waals surface area contributed by atoms with Crippen LogP contribution in [0.15, 0.2) is 47.1 Å². The fourth-order valence-electron chi connectivity index (χ4n) is 1.46. The van der Waals surface area contributed by atoms with Gasteiger partial charge in [-0.15, -0.1) is 0 Å². The van der Waals surface area contributed by atoms with Crippen LogP contribution >= 0.6 is 15.9 Å². The van der Waals surface area contributed by atoms with E-state index in [4.69, 9.17) is 5.11 Å². The molecule has 0 radical (unpaired) electrons. The Hall–Kier alpha value is -1.39. The summed E-state index contributed by atoms with van der Waals surface area (Å²) >= 11 is 3.33. The number of nitrogens with one attached hydrogen (secondary N) is 1. The van der Waals surface area contributed by atoms with Crippen molar-refractivity contribution >= 4 is 21.7 Å². The third-order valence-corrected chi connectivity index (χ3v) is 2.84. The van der Waals surface area contributed by atoms with Gasteiger partial charge in [0.05, 0.1) is 6.61 Å². The first-order valence-corrected chi connectivity index (χ1v) is 6.12. The van der Waals surface area contributed by atoms with Gasteiger partial charge in [0.1, 0.15) is 10.4 Å². The van der Waals surface area contributed by atoms with E-state index in [2.05, 4.69) is 26.2 Å². The Bertz CT molecular complexity index is 485. The van der Waals surface area contributed by atoms with E-state index in [1.807, 2.05) is 42.5 Å². The highest BCUT2D eigenvalue weighted by molar-refractivity contribution is 9.10. The molecule has 2 N–H and O–H groups in total. The van der Waals surface area contributed by atoms with E-state index in [0.717, 1.165) is 28.1 Å². The Morgan fingerprint density at radius 3 is 2.41 bits per heavy atom. The largest absolute Gasteiger partial charge is 0.392 e. The van der Waals surface area contributed by atoms with Gasteiger partial charge in [-0.1, -0.05) is 30.3 Å². The zero-order valence-electron chi connectivity index (χ0n) is 9.23. The molecule has 0 amide bonds. The summed E-state index contributed by atoms with van der Waals surface area (Å²) in [6, 6.07) is 13.6. The number of halogens is 1. The third-order valence-electron chi connectivity index (χ3n) is 2.39. The second kappa shape index (κ2) is 5.80.